The molecule has 0 aliphatic rings. The Morgan fingerprint density at radius 1 is 1.46 bits per heavy atom. The number of thiophene rings is 1. The lowest BCUT2D eigenvalue weighted by atomic mass is 10.1. The van der Waals surface area contributed by atoms with Gasteiger partial charge in [-0.2, -0.15) is 5.10 Å². The highest BCUT2D eigenvalue weighted by atomic mass is 32.1. The minimum Gasteiger partial charge on any atom is -0.259 e. The van der Waals surface area contributed by atoms with Crippen LogP contribution in [-0.2, 0) is 0 Å². The molecule has 0 atom stereocenters. The molecule has 0 saturated heterocycles. The molecule has 0 radical (unpaired) electrons. The molecule has 2 aromatic heterocycles. The van der Waals surface area contributed by atoms with E-state index in [-0.39, 0.29) is 0 Å². The lowest BCUT2D eigenvalue weighted by Gasteiger charge is -1.97. The van der Waals surface area contributed by atoms with Crippen LogP contribution in [0.1, 0.15) is 25.3 Å². The summed E-state index contributed by atoms with van der Waals surface area (Å²) in [6.45, 7) is 4.37. The van der Waals surface area contributed by atoms with Crippen LogP contribution in [0.4, 0.5) is 0 Å². The van der Waals surface area contributed by atoms with Gasteiger partial charge in [-0.15, -0.1) is 11.3 Å². The summed E-state index contributed by atoms with van der Waals surface area (Å²) in [6.07, 6.45) is 1.53. The Hall–Kier alpha value is -1.16. The Balaban J connectivity index is 2.33. The predicted octanol–water partition coefficient (Wildman–Crippen LogP) is 2.66. The first-order chi connectivity index (χ1) is 6.27. The highest BCUT2D eigenvalue weighted by Crippen LogP contribution is 2.27. The molecule has 0 saturated carbocycles. The van der Waals surface area contributed by atoms with Gasteiger partial charge >= 0.3 is 0 Å². The molecule has 0 amide bonds. The highest BCUT2D eigenvalue weighted by Gasteiger charge is 2.06. The monoisotopic (exact) mass is 193 g/mol. The van der Waals surface area contributed by atoms with Crippen molar-refractivity contribution >= 4 is 11.3 Å². The SMILES string of the molecule is CC(C)c1csc(-c2ncn[nH]2)c1. The topological polar surface area (TPSA) is 41.6 Å². The third-order valence-corrected chi connectivity index (χ3v) is 2.89. The summed E-state index contributed by atoms with van der Waals surface area (Å²) in [5.74, 6) is 1.44. The number of aromatic nitrogens is 3. The molecule has 0 unspecified atom stereocenters. The number of nitrogens with zero attached hydrogens (tertiary/aromatic N) is 2. The van der Waals surface area contributed by atoms with E-state index >= 15 is 0 Å². The normalized spacial score (nSPS) is 11.0. The summed E-state index contributed by atoms with van der Waals surface area (Å²) in [7, 11) is 0. The van der Waals surface area contributed by atoms with E-state index < -0.39 is 0 Å². The van der Waals surface area contributed by atoms with Gasteiger partial charge in [0, 0.05) is 0 Å². The first-order valence-corrected chi connectivity index (χ1v) is 5.09. The van der Waals surface area contributed by atoms with Crippen LogP contribution in [-0.4, -0.2) is 15.2 Å². The fraction of sp³-hybridized carbons (Fsp3) is 0.333. The Bertz CT molecular complexity index is 375. The van der Waals surface area contributed by atoms with Gasteiger partial charge in [-0.1, -0.05) is 13.8 Å². The van der Waals surface area contributed by atoms with Crippen LogP contribution in [0.25, 0.3) is 10.7 Å². The van der Waals surface area contributed by atoms with Crippen LogP contribution >= 0.6 is 11.3 Å². The lowest BCUT2D eigenvalue weighted by Crippen LogP contribution is -1.81. The molecule has 1 N–H and O–H groups in total. The van der Waals surface area contributed by atoms with E-state index in [2.05, 4.69) is 40.5 Å². The van der Waals surface area contributed by atoms with Gasteiger partial charge in [-0.3, -0.25) is 5.10 Å². The van der Waals surface area contributed by atoms with Crippen molar-refractivity contribution in [1.82, 2.24) is 15.2 Å². The quantitative estimate of drug-likeness (QED) is 0.796. The largest absolute Gasteiger partial charge is 0.259 e. The fourth-order valence-corrected chi connectivity index (χ4v) is 2.12. The standard InChI is InChI=1S/C9H11N3S/c1-6(2)7-3-8(13-4-7)9-10-5-11-12-9/h3-6H,1-2H3,(H,10,11,12). The molecule has 2 rings (SSSR count). The number of hydrogen-bond donors (Lipinski definition) is 1. The predicted molar refractivity (Wildman–Crippen MR) is 53.8 cm³/mol. The zero-order valence-corrected chi connectivity index (χ0v) is 8.43. The van der Waals surface area contributed by atoms with E-state index in [4.69, 9.17) is 0 Å². The van der Waals surface area contributed by atoms with Crippen molar-refractivity contribution in [2.75, 3.05) is 0 Å². The molecule has 2 heterocycles. The summed E-state index contributed by atoms with van der Waals surface area (Å²) < 4.78 is 0. The van der Waals surface area contributed by atoms with Crippen LogP contribution in [0.3, 0.4) is 0 Å². The van der Waals surface area contributed by atoms with E-state index in [1.54, 1.807) is 11.3 Å². The van der Waals surface area contributed by atoms with Gasteiger partial charge in [0.2, 0.25) is 0 Å². The number of nitrogens with one attached hydrogen (secondary N) is 1. The summed E-state index contributed by atoms with van der Waals surface area (Å²) >= 11 is 1.70. The van der Waals surface area contributed by atoms with Crippen LogP contribution < -0.4 is 0 Å². The Morgan fingerprint density at radius 2 is 2.31 bits per heavy atom. The van der Waals surface area contributed by atoms with Gasteiger partial charge in [0.15, 0.2) is 5.82 Å². The first-order valence-electron chi connectivity index (χ1n) is 4.21. The van der Waals surface area contributed by atoms with E-state index in [9.17, 15) is 0 Å². The fourth-order valence-electron chi connectivity index (χ4n) is 1.10. The summed E-state index contributed by atoms with van der Waals surface area (Å²) in [6, 6.07) is 2.16. The molecule has 0 bridgehead atoms. The smallest absolute Gasteiger partial charge is 0.165 e. The van der Waals surface area contributed by atoms with Gasteiger partial charge in [-0.05, 0) is 22.9 Å². The second-order valence-corrected chi connectivity index (χ2v) is 4.14. The van der Waals surface area contributed by atoms with Crippen molar-refractivity contribution in [2.45, 2.75) is 19.8 Å². The average Bonchev–Trinajstić information content (AvgIpc) is 2.75. The van der Waals surface area contributed by atoms with Gasteiger partial charge in [0.1, 0.15) is 6.33 Å². The molecular weight excluding hydrogens is 182 g/mol. The average molecular weight is 193 g/mol. The molecule has 0 spiro atoms. The molecule has 13 heavy (non-hydrogen) atoms. The molecule has 0 aromatic carbocycles. The number of H-pyrrole nitrogens is 1. The van der Waals surface area contributed by atoms with E-state index in [0.29, 0.717) is 5.92 Å². The van der Waals surface area contributed by atoms with Crippen LogP contribution in [0.5, 0.6) is 0 Å². The van der Waals surface area contributed by atoms with Crippen molar-refractivity contribution in [1.29, 1.82) is 0 Å². The maximum atomic E-state index is 4.10. The molecule has 0 aliphatic heterocycles. The van der Waals surface area contributed by atoms with Crippen molar-refractivity contribution in [3.05, 3.63) is 23.3 Å². The molecular formula is C9H11N3S. The zero-order chi connectivity index (χ0) is 9.26. The Labute approximate surface area is 80.8 Å². The van der Waals surface area contributed by atoms with Crippen LogP contribution in [0, 0.1) is 0 Å². The highest BCUT2D eigenvalue weighted by molar-refractivity contribution is 7.13. The molecule has 3 nitrogen and oxygen atoms in total. The van der Waals surface area contributed by atoms with Gasteiger partial charge in [0.05, 0.1) is 4.88 Å². The maximum Gasteiger partial charge on any atom is 0.165 e. The second-order valence-electron chi connectivity index (χ2n) is 3.23. The Kier molecular flexibility index (Phi) is 2.14. The van der Waals surface area contributed by atoms with Gasteiger partial charge in [0.25, 0.3) is 0 Å². The van der Waals surface area contributed by atoms with Gasteiger partial charge < -0.3 is 0 Å². The van der Waals surface area contributed by atoms with Crippen molar-refractivity contribution < 1.29 is 0 Å². The van der Waals surface area contributed by atoms with Crippen molar-refractivity contribution in [3.8, 4) is 10.7 Å². The number of hydrogen-bond acceptors (Lipinski definition) is 3. The van der Waals surface area contributed by atoms with Crippen molar-refractivity contribution in [2.24, 2.45) is 0 Å². The third-order valence-electron chi connectivity index (χ3n) is 1.93. The third kappa shape index (κ3) is 1.62. The van der Waals surface area contributed by atoms with Crippen LogP contribution in [0.15, 0.2) is 17.8 Å². The maximum absolute atomic E-state index is 4.10. The van der Waals surface area contributed by atoms with Gasteiger partial charge in [-0.25, -0.2) is 4.98 Å². The van der Waals surface area contributed by atoms with Crippen molar-refractivity contribution in [3.63, 3.8) is 0 Å². The van der Waals surface area contributed by atoms with E-state index in [0.717, 1.165) is 10.7 Å². The summed E-state index contributed by atoms with van der Waals surface area (Å²) in [5.41, 5.74) is 1.36. The Morgan fingerprint density at radius 3 is 2.85 bits per heavy atom. The summed E-state index contributed by atoms with van der Waals surface area (Å²) in [4.78, 5) is 5.26. The molecule has 68 valence electrons. The second kappa shape index (κ2) is 3.30. The zero-order valence-electron chi connectivity index (χ0n) is 7.61. The minimum absolute atomic E-state index is 0.577. The lowest BCUT2D eigenvalue weighted by molar-refractivity contribution is 0.872. The van der Waals surface area contributed by atoms with E-state index in [1.165, 1.54) is 11.9 Å². The first kappa shape index (κ1) is 8.44. The molecule has 2 aromatic rings. The van der Waals surface area contributed by atoms with E-state index in [1.807, 2.05) is 0 Å². The number of rotatable bonds is 2. The molecule has 0 aliphatic carbocycles. The molecule has 4 heteroatoms. The van der Waals surface area contributed by atoms with Crippen LogP contribution in [0.2, 0.25) is 0 Å². The summed E-state index contributed by atoms with van der Waals surface area (Å²) in [5, 5.41) is 8.85. The minimum atomic E-state index is 0.577. The molecule has 0 fully saturated rings. The number of aromatic amines is 1.